The van der Waals surface area contributed by atoms with E-state index in [-0.39, 0.29) is 5.92 Å². The standard InChI is InChI=1S/C16H21N5OS/c1-11-18-14(10-23-11)8-21-7-13-6-20(9-15(13)16(21)22)5-12-3-17-19(2)4-12/h3-4,10,13,15H,5-9H2,1-2H3/t13-,15-/m1/s1. The maximum absolute atomic E-state index is 12.7. The summed E-state index contributed by atoms with van der Waals surface area (Å²) in [5, 5.41) is 7.34. The van der Waals surface area contributed by atoms with Crippen LogP contribution >= 0.6 is 11.3 Å². The number of hydrogen-bond acceptors (Lipinski definition) is 5. The first kappa shape index (κ1) is 14.8. The molecular weight excluding hydrogens is 310 g/mol. The van der Waals surface area contributed by atoms with E-state index < -0.39 is 0 Å². The van der Waals surface area contributed by atoms with Gasteiger partial charge in [0.05, 0.1) is 29.4 Å². The molecule has 2 aromatic rings. The van der Waals surface area contributed by atoms with Crippen molar-refractivity contribution >= 4 is 17.2 Å². The van der Waals surface area contributed by atoms with Gasteiger partial charge in [-0.15, -0.1) is 11.3 Å². The number of carbonyl (C=O) groups excluding carboxylic acids is 1. The zero-order chi connectivity index (χ0) is 16.0. The van der Waals surface area contributed by atoms with Gasteiger partial charge in [0.15, 0.2) is 0 Å². The predicted octanol–water partition coefficient (Wildman–Crippen LogP) is 1.28. The van der Waals surface area contributed by atoms with Gasteiger partial charge in [0.1, 0.15) is 0 Å². The van der Waals surface area contributed by atoms with E-state index in [1.165, 1.54) is 5.56 Å². The van der Waals surface area contributed by atoms with E-state index in [1.807, 2.05) is 35.9 Å². The van der Waals surface area contributed by atoms with Crippen molar-refractivity contribution in [3.8, 4) is 0 Å². The molecule has 23 heavy (non-hydrogen) atoms. The molecule has 2 aliphatic rings. The highest BCUT2D eigenvalue weighted by atomic mass is 32.1. The normalized spacial score (nSPS) is 24.6. The van der Waals surface area contributed by atoms with Crippen LogP contribution in [0.3, 0.4) is 0 Å². The largest absolute Gasteiger partial charge is 0.336 e. The van der Waals surface area contributed by atoms with Gasteiger partial charge in [-0.3, -0.25) is 14.4 Å². The van der Waals surface area contributed by atoms with Crippen molar-refractivity contribution in [2.24, 2.45) is 18.9 Å². The molecule has 0 spiro atoms. The van der Waals surface area contributed by atoms with Gasteiger partial charge in [-0.2, -0.15) is 5.10 Å². The van der Waals surface area contributed by atoms with Crippen LogP contribution in [0.2, 0.25) is 0 Å². The number of amides is 1. The fourth-order valence-corrected chi connectivity index (χ4v) is 4.40. The van der Waals surface area contributed by atoms with Crippen molar-refractivity contribution in [2.75, 3.05) is 19.6 Å². The monoisotopic (exact) mass is 331 g/mol. The van der Waals surface area contributed by atoms with E-state index in [0.29, 0.717) is 18.4 Å². The Bertz CT molecular complexity index is 724. The number of rotatable bonds is 4. The summed E-state index contributed by atoms with van der Waals surface area (Å²) < 4.78 is 1.83. The molecule has 0 unspecified atom stereocenters. The molecular formula is C16H21N5OS. The van der Waals surface area contributed by atoms with Crippen molar-refractivity contribution in [1.29, 1.82) is 0 Å². The third kappa shape index (κ3) is 2.90. The van der Waals surface area contributed by atoms with Crippen molar-refractivity contribution in [3.05, 3.63) is 34.0 Å². The second-order valence-corrected chi connectivity index (χ2v) is 7.72. The average Bonchev–Trinajstić information content (AvgIpc) is 3.23. The lowest BCUT2D eigenvalue weighted by atomic mass is 10.0. The van der Waals surface area contributed by atoms with Crippen molar-refractivity contribution in [1.82, 2.24) is 24.6 Å². The van der Waals surface area contributed by atoms with Gasteiger partial charge in [-0.25, -0.2) is 4.98 Å². The molecule has 2 aromatic heterocycles. The van der Waals surface area contributed by atoms with Crippen LogP contribution in [-0.2, 0) is 24.9 Å². The molecule has 0 aliphatic carbocycles. The summed E-state index contributed by atoms with van der Waals surface area (Å²) in [7, 11) is 1.93. The highest BCUT2D eigenvalue weighted by Gasteiger charge is 2.46. The molecule has 0 N–H and O–H groups in total. The molecule has 0 bridgehead atoms. The first-order valence-corrected chi connectivity index (χ1v) is 8.86. The van der Waals surface area contributed by atoms with Crippen LogP contribution in [0.5, 0.6) is 0 Å². The fourth-order valence-electron chi connectivity index (χ4n) is 3.79. The molecule has 2 aliphatic heterocycles. The van der Waals surface area contributed by atoms with Crippen molar-refractivity contribution in [2.45, 2.75) is 20.0 Å². The Hall–Kier alpha value is -1.73. The minimum atomic E-state index is 0.159. The number of likely N-dealkylation sites (tertiary alicyclic amines) is 2. The molecule has 0 saturated carbocycles. The lowest BCUT2D eigenvalue weighted by Crippen LogP contribution is -2.32. The highest BCUT2D eigenvalue weighted by molar-refractivity contribution is 7.09. The second-order valence-electron chi connectivity index (χ2n) is 6.66. The first-order chi connectivity index (χ1) is 11.1. The minimum Gasteiger partial charge on any atom is -0.336 e. The summed E-state index contributed by atoms with van der Waals surface area (Å²) in [6.45, 7) is 6.29. The number of aromatic nitrogens is 3. The third-order valence-corrected chi connectivity index (χ3v) is 5.61. The van der Waals surface area contributed by atoms with Gasteiger partial charge in [0, 0.05) is 56.3 Å². The van der Waals surface area contributed by atoms with Gasteiger partial charge < -0.3 is 4.90 Å². The van der Waals surface area contributed by atoms with Crippen LogP contribution in [0.15, 0.2) is 17.8 Å². The van der Waals surface area contributed by atoms with Crippen LogP contribution in [0.4, 0.5) is 0 Å². The van der Waals surface area contributed by atoms with Gasteiger partial charge in [-0.1, -0.05) is 0 Å². The Balaban J connectivity index is 1.37. The number of hydrogen-bond donors (Lipinski definition) is 0. The molecule has 7 heteroatoms. The highest BCUT2D eigenvalue weighted by Crippen LogP contribution is 2.33. The van der Waals surface area contributed by atoms with E-state index in [9.17, 15) is 4.79 Å². The topological polar surface area (TPSA) is 54.3 Å². The van der Waals surface area contributed by atoms with Crippen LogP contribution in [0.25, 0.3) is 0 Å². The van der Waals surface area contributed by atoms with E-state index in [1.54, 1.807) is 11.3 Å². The Morgan fingerprint density at radius 3 is 2.83 bits per heavy atom. The van der Waals surface area contributed by atoms with E-state index in [0.717, 1.165) is 36.9 Å². The molecule has 6 nitrogen and oxygen atoms in total. The fraction of sp³-hybridized carbons (Fsp3) is 0.562. The summed E-state index contributed by atoms with van der Waals surface area (Å²) in [6.07, 6.45) is 3.96. The SMILES string of the molecule is Cc1nc(CN2C[C@H]3CN(Cc4cnn(C)c4)C[C@H]3C2=O)cs1. The first-order valence-electron chi connectivity index (χ1n) is 7.98. The number of thiazole rings is 1. The Morgan fingerprint density at radius 1 is 1.30 bits per heavy atom. The number of aryl methyl sites for hydroxylation is 2. The van der Waals surface area contributed by atoms with Crippen molar-refractivity contribution in [3.63, 3.8) is 0 Å². The number of nitrogens with zero attached hydrogens (tertiary/aromatic N) is 5. The van der Waals surface area contributed by atoms with Crippen LogP contribution in [-0.4, -0.2) is 50.1 Å². The van der Waals surface area contributed by atoms with Gasteiger partial charge in [-0.05, 0) is 6.92 Å². The number of fused-ring (bicyclic) bond motifs is 1. The molecule has 0 radical (unpaired) electrons. The van der Waals surface area contributed by atoms with Gasteiger partial charge in [0.25, 0.3) is 0 Å². The zero-order valence-electron chi connectivity index (χ0n) is 13.5. The molecule has 122 valence electrons. The van der Waals surface area contributed by atoms with Crippen LogP contribution in [0.1, 0.15) is 16.3 Å². The summed E-state index contributed by atoms with van der Waals surface area (Å²) in [4.78, 5) is 21.5. The minimum absolute atomic E-state index is 0.159. The van der Waals surface area contributed by atoms with Gasteiger partial charge in [0.2, 0.25) is 5.91 Å². The number of carbonyl (C=O) groups is 1. The molecule has 2 fully saturated rings. The van der Waals surface area contributed by atoms with E-state index in [2.05, 4.69) is 20.4 Å². The van der Waals surface area contributed by atoms with Crippen LogP contribution in [0, 0.1) is 18.8 Å². The zero-order valence-corrected chi connectivity index (χ0v) is 14.3. The molecule has 2 saturated heterocycles. The maximum Gasteiger partial charge on any atom is 0.227 e. The molecule has 4 heterocycles. The average molecular weight is 331 g/mol. The lowest BCUT2D eigenvalue weighted by molar-refractivity contribution is -0.131. The third-order valence-electron chi connectivity index (χ3n) is 4.78. The van der Waals surface area contributed by atoms with E-state index >= 15 is 0 Å². The smallest absolute Gasteiger partial charge is 0.227 e. The maximum atomic E-state index is 12.7. The molecule has 1 amide bonds. The van der Waals surface area contributed by atoms with Crippen molar-refractivity contribution < 1.29 is 4.79 Å². The van der Waals surface area contributed by atoms with E-state index in [4.69, 9.17) is 0 Å². The molecule has 4 rings (SSSR count). The Labute approximate surface area is 139 Å². The summed E-state index contributed by atoms with van der Waals surface area (Å²) in [5.74, 6) is 0.916. The second kappa shape index (κ2) is 5.72. The Kier molecular flexibility index (Phi) is 3.69. The molecule has 0 aromatic carbocycles. The summed E-state index contributed by atoms with van der Waals surface area (Å²) >= 11 is 1.65. The quantitative estimate of drug-likeness (QED) is 0.847. The summed E-state index contributed by atoms with van der Waals surface area (Å²) in [6, 6.07) is 0. The predicted molar refractivity (Wildman–Crippen MR) is 87.7 cm³/mol. The van der Waals surface area contributed by atoms with Gasteiger partial charge >= 0.3 is 0 Å². The molecule has 2 atom stereocenters. The lowest BCUT2D eigenvalue weighted by Gasteiger charge is -2.20. The Morgan fingerprint density at radius 2 is 2.17 bits per heavy atom. The van der Waals surface area contributed by atoms with Crippen LogP contribution < -0.4 is 0 Å². The summed E-state index contributed by atoms with van der Waals surface area (Å²) in [5.41, 5.74) is 2.24.